The summed E-state index contributed by atoms with van der Waals surface area (Å²) in [5.41, 5.74) is 1.79. The van der Waals surface area contributed by atoms with Gasteiger partial charge in [-0.3, -0.25) is 4.79 Å². The minimum atomic E-state index is -1.53. The first-order valence-electron chi connectivity index (χ1n) is 5.22. The van der Waals surface area contributed by atoms with Gasteiger partial charge in [0.2, 0.25) is 6.41 Å². The molecule has 4 nitrogen and oxygen atoms in total. The van der Waals surface area contributed by atoms with Crippen LogP contribution in [-0.4, -0.2) is 29.3 Å². The predicted molar refractivity (Wildman–Crippen MR) is 68.8 cm³/mol. The molecule has 1 amide bonds. The lowest BCUT2D eigenvalue weighted by Gasteiger charge is -2.08. The first-order valence-corrected chi connectivity index (χ1v) is 5.60. The summed E-state index contributed by atoms with van der Waals surface area (Å²) in [5.74, 6) is 0. The van der Waals surface area contributed by atoms with Gasteiger partial charge in [0.1, 0.15) is 0 Å². The van der Waals surface area contributed by atoms with Gasteiger partial charge in [-0.2, -0.15) is 0 Å². The monoisotopic (exact) mass is 253 g/mol. The van der Waals surface area contributed by atoms with Crippen molar-refractivity contribution < 1.29 is 14.8 Å². The van der Waals surface area contributed by atoms with Crippen molar-refractivity contribution in [2.75, 3.05) is 0 Å². The molecule has 0 heterocycles. The van der Waals surface area contributed by atoms with Gasteiger partial charge in [0.25, 0.3) is 0 Å². The molecule has 0 saturated heterocycles. The fourth-order valence-electron chi connectivity index (χ4n) is 1.45. The van der Waals surface area contributed by atoms with Crippen LogP contribution in [0.25, 0.3) is 0 Å². The van der Waals surface area contributed by atoms with E-state index in [0.717, 1.165) is 5.56 Å². The van der Waals surface area contributed by atoms with Crippen LogP contribution >= 0.6 is 11.6 Å². The third-order valence-electron chi connectivity index (χ3n) is 2.41. The molecule has 1 aromatic carbocycles. The standard InChI is InChI=1S/C11H13BClNO3/c1-2-10(14-7-15)6-8-5-9(12(16)17)3-4-11(8)13/h3-5,7,16-17H,2,6H2,1H3. The highest BCUT2D eigenvalue weighted by Gasteiger charge is 2.13. The van der Waals surface area contributed by atoms with Crippen LogP contribution in [0.2, 0.25) is 5.02 Å². The predicted octanol–water partition coefficient (Wildman–Crippen LogP) is 0.570. The highest BCUT2D eigenvalue weighted by Crippen LogP contribution is 2.15. The molecule has 0 aliphatic rings. The Labute approximate surface area is 105 Å². The summed E-state index contributed by atoms with van der Waals surface area (Å²) < 4.78 is 0. The van der Waals surface area contributed by atoms with E-state index in [-0.39, 0.29) is 0 Å². The summed E-state index contributed by atoms with van der Waals surface area (Å²) in [6, 6.07) is 4.74. The van der Waals surface area contributed by atoms with Crippen LogP contribution in [-0.2, 0) is 11.2 Å². The van der Waals surface area contributed by atoms with Gasteiger partial charge in [-0.05, 0) is 23.5 Å². The summed E-state index contributed by atoms with van der Waals surface area (Å²) in [6.45, 7) is 1.89. The third-order valence-corrected chi connectivity index (χ3v) is 2.77. The van der Waals surface area contributed by atoms with E-state index < -0.39 is 7.12 Å². The van der Waals surface area contributed by atoms with Crippen LogP contribution in [0.15, 0.2) is 23.2 Å². The summed E-state index contributed by atoms with van der Waals surface area (Å²) in [7, 11) is -1.53. The largest absolute Gasteiger partial charge is 0.488 e. The number of hydrogen-bond donors (Lipinski definition) is 2. The zero-order chi connectivity index (χ0) is 12.8. The van der Waals surface area contributed by atoms with E-state index in [1.807, 2.05) is 6.92 Å². The molecule has 0 unspecified atom stereocenters. The van der Waals surface area contributed by atoms with Gasteiger partial charge in [-0.1, -0.05) is 30.7 Å². The number of halogens is 1. The van der Waals surface area contributed by atoms with Crippen LogP contribution in [0.3, 0.4) is 0 Å². The second-order valence-corrected chi connectivity index (χ2v) is 3.96. The normalized spacial score (nSPS) is 11.4. The highest BCUT2D eigenvalue weighted by atomic mass is 35.5. The van der Waals surface area contributed by atoms with Gasteiger partial charge in [0.15, 0.2) is 0 Å². The Morgan fingerprint density at radius 1 is 1.53 bits per heavy atom. The minimum Gasteiger partial charge on any atom is -0.423 e. The van der Waals surface area contributed by atoms with Crippen molar-refractivity contribution in [3.63, 3.8) is 0 Å². The maximum absolute atomic E-state index is 10.3. The van der Waals surface area contributed by atoms with Gasteiger partial charge < -0.3 is 10.0 Å². The highest BCUT2D eigenvalue weighted by molar-refractivity contribution is 6.58. The molecular formula is C11H13BClNO3. The molecule has 0 fully saturated rings. The number of rotatable bonds is 5. The van der Waals surface area contributed by atoms with E-state index in [0.29, 0.717) is 35.4 Å². The molecular weight excluding hydrogens is 240 g/mol. The molecule has 90 valence electrons. The lowest BCUT2D eigenvalue weighted by molar-refractivity contribution is -0.106. The number of nitrogens with zero attached hydrogens (tertiary/aromatic N) is 1. The Morgan fingerprint density at radius 3 is 2.76 bits per heavy atom. The number of carbonyl (C=O) groups is 1. The summed E-state index contributed by atoms with van der Waals surface area (Å²) in [4.78, 5) is 14.0. The molecule has 0 aliphatic carbocycles. The smallest absolute Gasteiger partial charge is 0.423 e. The number of carbonyl (C=O) groups excluding carboxylic acids is 1. The molecule has 0 bridgehead atoms. The molecule has 0 radical (unpaired) electrons. The van der Waals surface area contributed by atoms with Crippen LogP contribution < -0.4 is 5.46 Å². The molecule has 1 rings (SSSR count). The van der Waals surface area contributed by atoms with Crippen molar-refractivity contribution in [1.82, 2.24) is 0 Å². The number of aliphatic imine (C=N–C) groups is 1. The Kier molecular flexibility index (Phi) is 5.35. The second-order valence-electron chi connectivity index (χ2n) is 3.56. The minimum absolute atomic E-state index is 0.367. The van der Waals surface area contributed by atoms with Crippen molar-refractivity contribution in [2.24, 2.45) is 4.99 Å². The fraction of sp³-hybridized carbons (Fsp3) is 0.273. The van der Waals surface area contributed by atoms with Crippen LogP contribution in [0.5, 0.6) is 0 Å². The quantitative estimate of drug-likeness (QED) is 0.458. The lowest BCUT2D eigenvalue weighted by Crippen LogP contribution is -2.30. The number of amides is 1. The molecule has 1 aromatic rings. The Hall–Kier alpha value is -1.17. The molecule has 2 N–H and O–H groups in total. The van der Waals surface area contributed by atoms with Gasteiger partial charge in [0, 0.05) is 17.2 Å². The lowest BCUT2D eigenvalue weighted by atomic mass is 9.79. The SMILES string of the molecule is CCC(Cc1cc(B(O)O)ccc1Cl)=NC=O. The summed E-state index contributed by atoms with van der Waals surface area (Å²) in [6.07, 6.45) is 1.56. The molecule has 0 saturated carbocycles. The van der Waals surface area contributed by atoms with Gasteiger partial charge in [-0.25, -0.2) is 4.99 Å². The van der Waals surface area contributed by atoms with Crippen molar-refractivity contribution in [3.05, 3.63) is 28.8 Å². The van der Waals surface area contributed by atoms with Crippen molar-refractivity contribution in [1.29, 1.82) is 0 Å². The summed E-state index contributed by atoms with van der Waals surface area (Å²) in [5, 5.41) is 18.6. The number of hydrogen-bond acceptors (Lipinski definition) is 3. The zero-order valence-corrected chi connectivity index (χ0v) is 10.2. The Morgan fingerprint density at radius 2 is 2.24 bits per heavy atom. The number of benzene rings is 1. The van der Waals surface area contributed by atoms with E-state index in [2.05, 4.69) is 4.99 Å². The molecule has 0 spiro atoms. The van der Waals surface area contributed by atoms with Crippen molar-refractivity contribution in [2.45, 2.75) is 19.8 Å². The Bertz CT molecular complexity index is 435. The maximum Gasteiger partial charge on any atom is 0.488 e. The fourth-order valence-corrected chi connectivity index (χ4v) is 1.63. The molecule has 0 atom stereocenters. The van der Waals surface area contributed by atoms with E-state index in [4.69, 9.17) is 21.6 Å². The Balaban J connectivity index is 3.00. The summed E-state index contributed by atoms with van der Waals surface area (Å²) >= 11 is 6.00. The van der Waals surface area contributed by atoms with Crippen LogP contribution in [0.4, 0.5) is 0 Å². The molecule has 0 aliphatic heterocycles. The van der Waals surface area contributed by atoms with Crippen LogP contribution in [0.1, 0.15) is 18.9 Å². The molecule has 0 aromatic heterocycles. The van der Waals surface area contributed by atoms with E-state index in [9.17, 15) is 4.79 Å². The van der Waals surface area contributed by atoms with Gasteiger partial charge in [-0.15, -0.1) is 0 Å². The second kappa shape index (κ2) is 6.54. The van der Waals surface area contributed by atoms with Gasteiger partial charge in [0.05, 0.1) is 0 Å². The average Bonchev–Trinajstić information content (AvgIpc) is 2.30. The molecule has 17 heavy (non-hydrogen) atoms. The third kappa shape index (κ3) is 3.96. The first-order chi connectivity index (χ1) is 8.08. The first kappa shape index (κ1) is 13.9. The van der Waals surface area contributed by atoms with Crippen molar-refractivity contribution in [3.8, 4) is 0 Å². The average molecular weight is 253 g/mol. The zero-order valence-electron chi connectivity index (χ0n) is 9.43. The molecule has 6 heteroatoms. The van der Waals surface area contributed by atoms with E-state index in [1.54, 1.807) is 18.2 Å². The topological polar surface area (TPSA) is 69.9 Å². The van der Waals surface area contributed by atoms with E-state index in [1.165, 1.54) is 0 Å². The van der Waals surface area contributed by atoms with Crippen molar-refractivity contribution >= 4 is 36.3 Å². The maximum atomic E-state index is 10.3. The van der Waals surface area contributed by atoms with Crippen LogP contribution in [0, 0.1) is 0 Å². The van der Waals surface area contributed by atoms with E-state index >= 15 is 0 Å². The van der Waals surface area contributed by atoms with Gasteiger partial charge >= 0.3 is 7.12 Å².